The maximum absolute atomic E-state index is 11.0. The van der Waals surface area contributed by atoms with Crippen molar-refractivity contribution >= 4 is 23.0 Å². The average molecular weight is 259 g/mol. The molecule has 6 heteroatoms. The van der Waals surface area contributed by atoms with Gasteiger partial charge in [0.05, 0.1) is 16.1 Å². The molecule has 3 heterocycles. The Labute approximate surface area is 106 Å². The van der Waals surface area contributed by atoms with Crippen LogP contribution in [0.25, 0.3) is 16.2 Å². The second-order valence-electron chi connectivity index (χ2n) is 3.84. The van der Waals surface area contributed by atoms with E-state index in [1.54, 1.807) is 22.8 Å². The van der Waals surface area contributed by atoms with Crippen LogP contribution in [-0.4, -0.2) is 25.7 Å². The highest BCUT2D eigenvalue weighted by Crippen LogP contribution is 2.24. The number of aromatic carboxylic acids is 1. The zero-order chi connectivity index (χ0) is 12.7. The smallest absolute Gasteiger partial charge is 0.339 e. The first-order valence-corrected chi connectivity index (χ1v) is 6.17. The largest absolute Gasteiger partial charge is 0.478 e. The van der Waals surface area contributed by atoms with Crippen LogP contribution in [0.1, 0.15) is 16.1 Å². The number of nitrogens with zero attached hydrogens (tertiary/aromatic N) is 3. The molecular weight excluding hydrogens is 250 g/mol. The lowest BCUT2D eigenvalue weighted by Gasteiger charge is -2.01. The number of aryl methyl sites for hydroxylation is 1. The Hall–Kier alpha value is -2.21. The maximum atomic E-state index is 11.0. The van der Waals surface area contributed by atoms with Gasteiger partial charge in [0.1, 0.15) is 5.69 Å². The highest BCUT2D eigenvalue weighted by Gasteiger charge is 2.14. The Balaban J connectivity index is 2.24. The number of thiophene rings is 1. The quantitative estimate of drug-likeness (QED) is 0.767. The van der Waals surface area contributed by atoms with Crippen LogP contribution in [-0.2, 0) is 0 Å². The molecule has 3 aromatic heterocycles. The molecule has 0 atom stereocenters. The summed E-state index contributed by atoms with van der Waals surface area (Å²) < 4.78 is 1.57. The van der Waals surface area contributed by atoms with Gasteiger partial charge in [-0.2, -0.15) is 5.10 Å². The van der Waals surface area contributed by atoms with Crippen molar-refractivity contribution in [2.24, 2.45) is 0 Å². The lowest BCUT2D eigenvalue weighted by atomic mass is 10.2. The molecule has 0 aliphatic carbocycles. The summed E-state index contributed by atoms with van der Waals surface area (Å²) in [7, 11) is 0. The van der Waals surface area contributed by atoms with E-state index in [4.69, 9.17) is 5.11 Å². The molecule has 0 saturated heterocycles. The Morgan fingerprint density at radius 1 is 1.50 bits per heavy atom. The molecule has 0 aliphatic rings. The van der Waals surface area contributed by atoms with Crippen molar-refractivity contribution in [3.05, 3.63) is 41.0 Å². The topological polar surface area (TPSA) is 67.5 Å². The van der Waals surface area contributed by atoms with Crippen LogP contribution < -0.4 is 0 Å². The molecular formula is C12H9N3O2S. The summed E-state index contributed by atoms with van der Waals surface area (Å²) >= 11 is 1.59. The molecule has 0 unspecified atom stereocenters. The van der Waals surface area contributed by atoms with E-state index in [2.05, 4.69) is 10.1 Å². The molecule has 18 heavy (non-hydrogen) atoms. The van der Waals surface area contributed by atoms with Gasteiger partial charge in [-0.3, -0.25) is 0 Å². The fourth-order valence-electron chi connectivity index (χ4n) is 1.80. The monoisotopic (exact) mass is 259 g/mol. The summed E-state index contributed by atoms with van der Waals surface area (Å²) in [6, 6.07) is 5.78. The SMILES string of the molecule is Cc1c(C(=O)O)cnc2cc(-c3cccs3)nn12. The summed E-state index contributed by atoms with van der Waals surface area (Å²) in [5.41, 5.74) is 2.21. The summed E-state index contributed by atoms with van der Waals surface area (Å²) in [5.74, 6) is -0.991. The van der Waals surface area contributed by atoms with E-state index in [1.165, 1.54) is 6.20 Å². The fraction of sp³-hybridized carbons (Fsp3) is 0.0833. The second-order valence-corrected chi connectivity index (χ2v) is 4.79. The van der Waals surface area contributed by atoms with Crippen LogP contribution in [0.3, 0.4) is 0 Å². The van der Waals surface area contributed by atoms with Crippen molar-refractivity contribution in [2.45, 2.75) is 6.92 Å². The van der Waals surface area contributed by atoms with Gasteiger partial charge >= 0.3 is 5.97 Å². The molecule has 3 rings (SSSR count). The number of carboxylic acids is 1. The number of rotatable bonds is 2. The Bertz CT molecular complexity index is 731. The molecule has 0 saturated carbocycles. The third-order valence-corrected chi connectivity index (χ3v) is 3.62. The Morgan fingerprint density at radius 2 is 2.33 bits per heavy atom. The average Bonchev–Trinajstić information content (AvgIpc) is 2.97. The third kappa shape index (κ3) is 1.58. The van der Waals surface area contributed by atoms with Crippen LogP contribution in [0, 0.1) is 6.92 Å². The number of hydrogen-bond acceptors (Lipinski definition) is 4. The van der Waals surface area contributed by atoms with Crippen molar-refractivity contribution in [3.8, 4) is 10.6 Å². The van der Waals surface area contributed by atoms with Gasteiger partial charge in [-0.25, -0.2) is 14.3 Å². The van der Waals surface area contributed by atoms with E-state index in [-0.39, 0.29) is 5.56 Å². The van der Waals surface area contributed by atoms with Gasteiger partial charge in [-0.1, -0.05) is 6.07 Å². The fourth-order valence-corrected chi connectivity index (χ4v) is 2.48. The van der Waals surface area contributed by atoms with E-state index in [0.29, 0.717) is 11.3 Å². The van der Waals surface area contributed by atoms with Crippen molar-refractivity contribution in [1.82, 2.24) is 14.6 Å². The maximum Gasteiger partial charge on any atom is 0.339 e. The third-order valence-electron chi connectivity index (χ3n) is 2.73. The van der Waals surface area contributed by atoms with Crippen molar-refractivity contribution in [3.63, 3.8) is 0 Å². The molecule has 1 N–H and O–H groups in total. The van der Waals surface area contributed by atoms with Crippen molar-refractivity contribution in [2.75, 3.05) is 0 Å². The van der Waals surface area contributed by atoms with Gasteiger partial charge in [0, 0.05) is 12.3 Å². The van der Waals surface area contributed by atoms with E-state index >= 15 is 0 Å². The molecule has 0 spiro atoms. The molecule has 0 aromatic carbocycles. The summed E-state index contributed by atoms with van der Waals surface area (Å²) in [5, 5.41) is 15.4. The minimum atomic E-state index is -0.991. The van der Waals surface area contributed by atoms with E-state index in [1.807, 2.05) is 23.6 Å². The predicted octanol–water partition coefficient (Wildman–Crippen LogP) is 2.46. The summed E-state index contributed by atoms with van der Waals surface area (Å²) in [6.07, 6.45) is 1.37. The highest BCUT2D eigenvalue weighted by atomic mass is 32.1. The number of aromatic nitrogens is 3. The summed E-state index contributed by atoms with van der Waals surface area (Å²) in [4.78, 5) is 16.2. The van der Waals surface area contributed by atoms with E-state index in [0.717, 1.165) is 10.6 Å². The lowest BCUT2D eigenvalue weighted by molar-refractivity contribution is 0.0695. The second kappa shape index (κ2) is 3.92. The standard InChI is InChI=1S/C12H9N3O2S/c1-7-8(12(16)17)6-13-11-5-9(14-15(7)11)10-3-2-4-18-10/h2-6H,1H3,(H,16,17). The highest BCUT2D eigenvalue weighted by molar-refractivity contribution is 7.13. The number of carbonyl (C=O) groups is 1. The van der Waals surface area contributed by atoms with Gasteiger partial charge < -0.3 is 5.11 Å². The predicted molar refractivity (Wildman–Crippen MR) is 68.0 cm³/mol. The van der Waals surface area contributed by atoms with Crippen LogP contribution in [0.5, 0.6) is 0 Å². The first kappa shape index (κ1) is 10.9. The van der Waals surface area contributed by atoms with Gasteiger partial charge in [0.25, 0.3) is 0 Å². The zero-order valence-corrected chi connectivity index (χ0v) is 10.3. The van der Waals surface area contributed by atoms with Gasteiger partial charge in [-0.05, 0) is 18.4 Å². The molecule has 3 aromatic rings. The normalized spacial score (nSPS) is 10.9. The number of hydrogen-bond donors (Lipinski definition) is 1. The molecule has 0 aliphatic heterocycles. The number of fused-ring (bicyclic) bond motifs is 1. The minimum absolute atomic E-state index is 0.170. The Kier molecular flexibility index (Phi) is 2.38. The molecule has 0 radical (unpaired) electrons. The van der Waals surface area contributed by atoms with Crippen molar-refractivity contribution < 1.29 is 9.90 Å². The van der Waals surface area contributed by atoms with Crippen LogP contribution in [0.2, 0.25) is 0 Å². The first-order valence-electron chi connectivity index (χ1n) is 5.29. The minimum Gasteiger partial charge on any atom is -0.478 e. The van der Waals surface area contributed by atoms with E-state index < -0.39 is 5.97 Å². The molecule has 90 valence electrons. The van der Waals surface area contributed by atoms with Crippen LogP contribution in [0.4, 0.5) is 0 Å². The van der Waals surface area contributed by atoms with Crippen LogP contribution >= 0.6 is 11.3 Å². The summed E-state index contributed by atoms with van der Waals surface area (Å²) in [6.45, 7) is 1.73. The zero-order valence-electron chi connectivity index (χ0n) is 9.49. The lowest BCUT2D eigenvalue weighted by Crippen LogP contribution is -2.06. The molecule has 5 nitrogen and oxygen atoms in total. The van der Waals surface area contributed by atoms with Gasteiger partial charge in [0.2, 0.25) is 0 Å². The Morgan fingerprint density at radius 3 is 3.00 bits per heavy atom. The number of carboxylic acid groups (broad SMARTS) is 1. The van der Waals surface area contributed by atoms with E-state index in [9.17, 15) is 4.79 Å². The molecule has 0 bridgehead atoms. The first-order chi connectivity index (χ1) is 8.66. The van der Waals surface area contributed by atoms with Crippen LogP contribution in [0.15, 0.2) is 29.8 Å². The van der Waals surface area contributed by atoms with Gasteiger partial charge in [0.15, 0.2) is 5.65 Å². The molecule has 0 amide bonds. The molecule has 0 fully saturated rings. The van der Waals surface area contributed by atoms with Gasteiger partial charge in [-0.15, -0.1) is 11.3 Å². The van der Waals surface area contributed by atoms with Crippen molar-refractivity contribution in [1.29, 1.82) is 0 Å².